The molecule has 132 valence electrons. The van der Waals surface area contributed by atoms with E-state index >= 15 is 0 Å². The van der Waals surface area contributed by atoms with Gasteiger partial charge in [0.15, 0.2) is 0 Å². The van der Waals surface area contributed by atoms with Crippen LogP contribution in [0.25, 0.3) is 0 Å². The summed E-state index contributed by atoms with van der Waals surface area (Å²) in [6, 6.07) is 9.80. The van der Waals surface area contributed by atoms with Gasteiger partial charge < -0.3 is 10.6 Å². The fourth-order valence-electron chi connectivity index (χ4n) is 3.25. The number of hydrogen-bond acceptors (Lipinski definition) is 3. The van der Waals surface area contributed by atoms with Crippen molar-refractivity contribution in [3.63, 3.8) is 0 Å². The van der Waals surface area contributed by atoms with Crippen molar-refractivity contribution in [3.8, 4) is 0 Å². The Morgan fingerprint density at radius 1 is 1.24 bits per heavy atom. The Morgan fingerprint density at radius 3 is 2.48 bits per heavy atom. The van der Waals surface area contributed by atoms with Crippen molar-refractivity contribution in [2.24, 2.45) is 0 Å². The fourth-order valence-corrected chi connectivity index (χ4v) is 4.02. The van der Waals surface area contributed by atoms with Gasteiger partial charge in [-0.15, -0.1) is 11.3 Å². The van der Waals surface area contributed by atoms with Crippen LogP contribution in [0.5, 0.6) is 0 Å². The number of hydrogen-bond donors (Lipinski definition) is 2. The lowest BCUT2D eigenvalue weighted by Crippen LogP contribution is -2.51. The zero-order valence-corrected chi connectivity index (χ0v) is 14.9. The highest BCUT2D eigenvalue weighted by molar-refractivity contribution is 7.10. The van der Waals surface area contributed by atoms with Gasteiger partial charge >= 0.3 is 0 Å². The van der Waals surface area contributed by atoms with E-state index in [4.69, 9.17) is 0 Å². The smallest absolute Gasteiger partial charge is 0.223 e. The summed E-state index contributed by atoms with van der Waals surface area (Å²) >= 11 is 1.51. The molecule has 0 spiro atoms. The van der Waals surface area contributed by atoms with Crippen LogP contribution >= 0.6 is 11.3 Å². The number of nitrogens with one attached hydrogen (secondary N) is 2. The Labute approximate surface area is 150 Å². The van der Waals surface area contributed by atoms with Gasteiger partial charge in [0.1, 0.15) is 5.82 Å². The average molecular weight is 360 g/mol. The van der Waals surface area contributed by atoms with Crippen LogP contribution in [0.15, 0.2) is 41.8 Å². The quantitative estimate of drug-likeness (QED) is 0.826. The molecule has 2 N–H and O–H groups in total. The summed E-state index contributed by atoms with van der Waals surface area (Å²) in [5.74, 6) is -0.563. The normalized spacial score (nSPS) is 16.6. The van der Waals surface area contributed by atoms with Crippen molar-refractivity contribution in [1.82, 2.24) is 10.6 Å². The first-order valence-electron chi connectivity index (χ1n) is 8.36. The van der Waals surface area contributed by atoms with E-state index in [0.29, 0.717) is 0 Å². The molecule has 0 aliphatic heterocycles. The molecule has 1 aliphatic carbocycles. The van der Waals surface area contributed by atoms with E-state index in [2.05, 4.69) is 10.6 Å². The first-order valence-corrected chi connectivity index (χ1v) is 9.24. The monoisotopic (exact) mass is 360 g/mol. The van der Waals surface area contributed by atoms with Gasteiger partial charge in [-0.25, -0.2) is 4.39 Å². The van der Waals surface area contributed by atoms with E-state index in [9.17, 15) is 14.0 Å². The Morgan fingerprint density at radius 2 is 1.96 bits per heavy atom. The van der Waals surface area contributed by atoms with Crippen molar-refractivity contribution in [2.75, 3.05) is 0 Å². The molecule has 1 aromatic heterocycles. The van der Waals surface area contributed by atoms with Crippen LogP contribution in [0, 0.1) is 5.82 Å². The molecule has 2 aromatic rings. The van der Waals surface area contributed by atoms with Gasteiger partial charge in [-0.2, -0.15) is 0 Å². The molecule has 0 bridgehead atoms. The molecule has 0 saturated heterocycles. The second kappa shape index (κ2) is 7.35. The topological polar surface area (TPSA) is 58.2 Å². The molecule has 3 rings (SSSR count). The van der Waals surface area contributed by atoms with Crippen molar-refractivity contribution in [1.29, 1.82) is 0 Å². The number of benzene rings is 1. The Kier molecular flexibility index (Phi) is 5.18. The van der Waals surface area contributed by atoms with Crippen LogP contribution in [0.2, 0.25) is 0 Å². The molecule has 1 unspecified atom stereocenters. The van der Waals surface area contributed by atoms with Gasteiger partial charge in [-0.3, -0.25) is 9.59 Å². The number of thiophene rings is 1. The molecular formula is C19H21FN2O2S. The third-order valence-corrected chi connectivity index (χ3v) is 5.62. The van der Waals surface area contributed by atoms with E-state index in [-0.39, 0.29) is 30.1 Å². The van der Waals surface area contributed by atoms with Gasteiger partial charge in [-0.05, 0) is 48.4 Å². The summed E-state index contributed by atoms with van der Waals surface area (Å²) < 4.78 is 13.2. The van der Waals surface area contributed by atoms with Crippen molar-refractivity contribution in [3.05, 3.63) is 58.0 Å². The molecule has 1 fully saturated rings. The maximum Gasteiger partial charge on any atom is 0.223 e. The van der Waals surface area contributed by atoms with E-state index in [1.165, 1.54) is 30.4 Å². The highest BCUT2D eigenvalue weighted by atomic mass is 32.1. The predicted molar refractivity (Wildman–Crippen MR) is 95.6 cm³/mol. The fraction of sp³-hybridized carbons (Fsp3) is 0.368. The van der Waals surface area contributed by atoms with Crippen LogP contribution in [0.3, 0.4) is 0 Å². The molecule has 25 heavy (non-hydrogen) atoms. The van der Waals surface area contributed by atoms with Gasteiger partial charge in [0.05, 0.1) is 18.0 Å². The number of carbonyl (C=O) groups excluding carboxylic acids is 2. The van der Waals surface area contributed by atoms with Crippen molar-refractivity contribution < 1.29 is 14.0 Å². The van der Waals surface area contributed by atoms with Crippen molar-refractivity contribution in [2.45, 2.75) is 44.2 Å². The zero-order chi connectivity index (χ0) is 17.9. The Hall–Kier alpha value is -2.21. The Bertz CT molecular complexity index is 739. The van der Waals surface area contributed by atoms with Gasteiger partial charge in [0.2, 0.25) is 11.8 Å². The van der Waals surface area contributed by atoms with Crippen LogP contribution < -0.4 is 10.6 Å². The first kappa shape index (κ1) is 17.6. The molecule has 6 heteroatoms. The summed E-state index contributed by atoms with van der Waals surface area (Å²) in [5.41, 5.74) is 0.516. The minimum atomic E-state index is -0.416. The predicted octanol–water partition coefficient (Wildman–Crippen LogP) is 3.65. The highest BCUT2D eigenvalue weighted by Crippen LogP contribution is 2.41. The van der Waals surface area contributed by atoms with Crippen LogP contribution in [-0.2, 0) is 15.1 Å². The van der Waals surface area contributed by atoms with Crippen LogP contribution in [-0.4, -0.2) is 11.8 Å². The summed E-state index contributed by atoms with van der Waals surface area (Å²) in [6.07, 6.45) is 2.89. The second-order valence-corrected chi connectivity index (χ2v) is 7.44. The maximum atomic E-state index is 13.2. The average Bonchev–Trinajstić information content (AvgIpc) is 3.05. The SMILES string of the molecule is CC(=O)NC(CC(=O)NC1(c2ccc(F)cc2)CCC1)c1cccs1. The first-order chi connectivity index (χ1) is 12.0. The van der Waals surface area contributed by atoms with E-state index in [1.54, 1.807) is 12.1 Å². The lowest BCUT2D eigenvalue weighted by Gasteiger charge is -2.43. The van der Waals surface area contributed by atoms with E-state index < -0.39 is 5.54 Å². The number of carbonyl (C=O) groups is 2. The zero-order valence-electron chi connectivity index (χ0n) is 14.0. The minimum Gasteiger partial charge on any atom is -0.348 e. The largest absolute Gasteiger partial charge is 0.348 e. The molecule has 1 aliphatic rings. The molecule has 1 atom stereocenters. The summed E-state index contributed by atoms with van der Waals surface area (Å²) in [7, 11) is 0. The molecule has 1 heterocycles. The minimum absolute atomic E-state index is 0.115. The number of halogens is 1. The van der Waals surface area contributed by atoms with Crippen LogP contribution in [0.1, 0.15) is 49.1 Å². The van der Waals surface area contributed by atoms with Crippen LogP contribution in [0.4, 0.5) is 4.39 Å². The second-order valence-electron chi connectivity index (χ2n) is 6.46. The van der Waals surface area contributed by atoms with E-state index in [0.717, 1.165) is 29.7 Å². The summed E-state index contributed by atoms with van der Waals surface area (Å²) in [5, 5.41) is 7.89. The molecule has 4 nitrogen and oxygen atoms in total. The van der Waals surface area contributed by atoms with E-state index in [1.807, 2.05) is 17.5 Å². The maximum absolute atomic E-state index is 13.2. The molecule has 1 saturated carbocycles. The molecule has 2 amide bonds. The van der Waals surface area contributed by atoms with Gasteiger partial charge in [0, 0.05) is 11.8 Å². The molecular weight excluding hydrogens is 339 g/mol. The summed E-state index contributed by atoms with van der Waals surface area (Å²) in [4.78, 5) is 25.1. The number of rotatable bonds is 6. The van der Waals surface area contributed by atoms with Gasteiger partial charge in [-0.1, -0.05) is 18.2 Å². The highest BCUT2D eigenvalue weighted by Gasteiger charge is 2.40. The Balaban J connectivity index is 1.71. The lowest BCUT2D eigenvalue weighted by molar-refractivity contribution is -0.125. The van der Waals surface area contributed by atoms with Gasteiger partial charge in [0.25, 0.3) is 0 Å². The standard InChI is InChI=1S/C19H21FN2O2S/c1-13(23)21-16(17-4-2-11-25-17)12-18(24)22-19(9-3-10-19)14-5-7-15(20)8-6-14/h2,4-8,11,16H,3,9-10,12H2,1H3,(H,21,23)(H,22,24). The summed E-state index contributed by atoms with van der Waals surface area (Å²) in [6.45, 7) is 1.45. The lowest BCUT2D eigenvalue weighted by atomic mass is 9.71. The number of amides is 2. The van der Waals surface area contributed by atoms with Crippen molar-refractivity contribution >= 4 is 23.2 Å². The third-order valence-electron chi connectivity index (χ3n) is 4.64. The third kappa shape index (κ3) is 4.07. The molecule has 1 aromatic carbocycles. The molecule has 0 radical (unpaired) electrons.